The molecular weight excluding hydrogens is 284 g/mol. The number of rotatable bonds is 2. The van der Waals surface area contributed by atoms with Gasteiger partial charge < -0.3 is 9.14 Å². The summed E-state index contributed by atoms with van der Waals surface area (Å²) in [6, 6.07) is 6.10. The molecule has 0 unspecified atom stereocenters. The van der Waals surface area contributed by atoms with E-state index in [2.05, 4.69) is 17.9 Å². The summed E-state index contributed by atoms with van der Waals surface area (Å²) < 4.78 is 6.64. The molecule has 4 nitrogen and oxygen atoms in total. The minimum Gasteiger partial charge on any atom is -0.456 e. The second-order valence-corrected chi connectivity index (χ2v) is 5.11. The first-order valence-corrected chi connectivity index (χ1v) is 7.62. The number of hydrogen-bond donors (Lipinski definition) is 0. The van der Waals surface area contributed by atoms with Crippen LogP contribution in [-0.2, 0) is 9.53 Å². The van der Waals surface area contributed by atoms with Crippen LogP contribution in [0.15, 0.2) is 23.2 Å². The van der Waals surface area contributed by atoms with Gasteiger partial charge in [0.1, 0.15) is 11.8 Å². The summed E-state index contributed by atoms with van der Waals surface area (Å²) in [5.41, 5.74) is 3.09. The molecule has 0 aliphatic rings. The second-order valence-electron chi connectivity index (χ2n) is 4.30. The van der Waals surface area contributed by atoms with Crippen LogP contribution in [-0.4, -0.2) is 23.2 Å². The molecule has 0 atom stereocenters. The van der Waals surface area contributed by atoms with E-state index in [9.17, 15) is 10.1 Å². The van der Waals surface area contributed by atoms with E-state index in [-0.39, 0.29) is 0 Å². The molecule has 21 heavy (non-hydrogen) atoms. The van der Waals surface area contributed by atoms with Crippen molar-refractivity contribution in [3.63, 3.8) is 0 Å². The van der Waals surface area contributed by atoms with Crippen molar-refractivity contribution in [3.8, 4) is 17.9 Å². The highest BCUT2D eigenvalue weighted by Gasteiger charge is 2.16. The van der Waals surface area contributed by atoms with Crippen molar-refractivity contribution in [2.75, 3.05) is 12.9 Å². The summed E-state index contributed by atoms with van der Waals surface area (Å²) >= 11 is 1.45. The average molecular weight is 298 g/mol. The zero-order valence-corrected chi connectivity index (χ0v) is 12.9. The zero-order chi connectivity index (χ0) is 15.4. The van der Waals surface area contributed by atoms with Crippen molar-refractivity contribution in [1.29, 1.82) is 5.26 Å². The SMILES string of the molecule is CCOC(=O)C#Cc1c(SC)c(C#N)c2cc(C)ccn12. The molecule has 0 spiro atoms. The fourth-order valence-corrected chi connectivity index (χ4v) is 2.74. The van der Waals surface area contributed by atoms with E-state index < -0.39 is 5.97 Å². The highest BCUT2D eigenvalue weighted by Crippen LogP contribution is 2.30. The lowest BCUT2D eigenvalue weighted by atomic mass is 10.2. The summed E-state index contributed by atoms with van der Waals surface area (Å²) in [6.45, 7) is 3.99. The Morgan fingerprint density at radius 3 is 2.90 bits per heavy atom. The topological polar surface area (TPSA) is 54.5 Å². The first-order chi connectivity index (χ1) is 10.1. The maximum Gasteiger partial charge on any atom is 0.384 e. The van der Waals surface area contributed by atoms with Gasteiger partial charge in [-0.2, -0.15) is 5.26 Å². The van der Waals surface area contributed by atoms with Gasteiger partial charge in [-0.1, -0.05) is 0 Å². The molecule has 0 aromatic carbocycles. The standard InChI is InChI=1S/C16H14N2O2S/c1-4-20-15(19)6-5-13-16(21-3)12(10-17)14-9-11(2)7-8-18(13)14/h7-9H,4H2,1-3H3. The predicted molar refractivity (Wildman–Crippen MR) is 82.1 cm³/mol. The summed E-state index contributed by atoms with van der Waals surface area (Å²) in [5.74, 6) is 4.73. The summed E-state index contributed by atoms with van der Waals surface area (Å²) in [7, 11) is 0. The van der Waals surface area contributed by atoms with Gasteiger partial charge in [0.25, 0.3) is 0 Å². The number of hydrogen-bond acceptors (Lipinski definition) is 4. The molecular formula is C16H14N2O2S. The van der Waals surface area contributed by atoms with Crippen molar-refractivity contribution in [2.45, 2.75) is 18.7 Å². The van der Waals surface area contributed by atoms with Crippen LogP contribution in [0, 0.1) is 30.1 Å². The Morgan fingerprint density at radius 2 is 2.29 bits per heavy atom. The third-order valence-corrected chi connectivity index (χ3v) is 3.73. The first-order valence-electron chi connectivity index (χ1n) is 6.39. The number of aryl methyl sites for hydroxylation is 1. The maximum absolute atomic E-state index is 11.4. The Kier molecular flexibility index (Phi) is 4.57. The van der Waals surface area contributed by atoms with Crippen LogP contribution < -0.4 is 0 Å². The van der Waals surface area contributed by atoms with E-state index in [0.717, 1.165) is 16.0 Å². The van der Waals surface area contributed by atoms with Gasteiger partial charge in [0.2, 0.25) is 0 Å². The summed E-state index contributed by atoms with van der Waals surface area (Å²) in [5, 5.41) is 9.40. The van der Waals surface area contributed by atoms with E-state index in [1.807, 2.05) is 35.9 Å². The Morgan fingerprint density at radius 1 is 1.52 bits per heavy atom. The van der Waals surface area contributed by atoms with E-state index in [4.69, 9.17) is 4.74 Å². The fraction of sp³-hybridized carbons (Fsp3) is 0.250. The van der Waals surface area contributed by atoms with Crippen LogP contribution in [0.5, 0.6) is 0 Å². The fourth-order valence-electron chi connectivity index (χ4n) is 2.04. The lowest BCUT2D eigenvalue weighted by molar-refractivity contribution is -0.136. The second kappa shape index (κ2) is 6.39. The Balaban J connectivity index is 2.68. The largest absolute Gasteiger partial charge is 0.456 e. The number of aromatic nitrogens is 1. The molecule has 0 aliphatic heterocycles. The monoisotopic (exact) mass is 298 g/mol. The molecule has 0 amide bonds. The number of carbonyl (C=O) groups excluding carboxylic acids is 1. The molecule has 0 aliphatic carbocycles. The molecule has 2 aromatic rings. The quantitative estimate of drug-likeness (QED) is 0.486. The molecule has 0 radical (unpaired) electrons. The Labute approximate surface area is 127 Å². The third-order valence-electron chi connectivity index (χ3n) is 2.92. The Bertz CT molecular complexity index is 804. The van der Waals surface area contributed by atoms with Gasteiger partial charge in [-0.25, -0.2) is 4.79 Å². The molecule has 0 bridgehead atoms. The molecule has 2 rings (SSSR count). The van der Waals surface area contributed by atoms with Gasteiger partial charge in [-0.3, -0.25) is 0 Å². The molecule has 2 heterocycles. The predicted octanol–water partition coefficient (Wildman–Crippen LogP) is 2.76. The molecule has 0 fully saturated rings. The van der Waals surface area contributed by atoms with E-state index >= 15 is 0 Å². The van der Waals surface area contributed by atoms with Crippen LogP contribution in [0.4, 0.5) is 0 Å². The van der Waals surface area contributed by atoms with Gasteiger partial charge in [-0.15, -0.1) is 11.8 Å². The Hall–Kier alpha value is -2.37. The van der Waals surface area contributed by atoms with E-state index in [0.29, 0.717) is 17.9 Å². The van der Waals surface area contributed by atoms with Gasteiger partial charge in [0.15, 0.2) is 0 Å². The maximum atomic E-state index is 11.4. The molecule has 0 N–H and O–H groups in total. The molecule has 106 valence electrons. The van der Waals surface area contributed by atoms with Crippen LogP contribution >= 0.6 is 11.8 Å². The van der Waals surface area contributed by atoms with Crippen molar-refractivity contribution in [3.05, 3.63) is 35.2 Å². The normalized spacial score (nSPS) is 9.81. The average Bonchev–Trinajstić information content (AvgIpc) is 2.77. The summed E-state index contributed by atoms with van der Waals surface area (Å²) in [4.78, 5) is 12.2. The minimum absolute atomic E-state index is 0.292. The number of fused-ring (bicyclic) bond motifs is 1. The first kappa shape index (κ1) is 15.0. The molecule has 5 heteroatoms. The number of ether oxygens (including phenoxy) is 1. The van der Waals surface area contributed by atoms with Crippen molar-refractivity contribution < 1.29 is 9.53 Å². The number of pyridine rings is 1. The summed E-state index contributed by atoms with van der Waals surface area (Å²) in [6.07, 6.45) is 3.75. The smallest absolute Gasteiger partial charge is 0.384 e. The lowest BCUT2D eigenvalue weighted by Gasteiger charge is -1.98. The van der Waals surface area contributed by atoms with Gasteiger partial charge in [0, 0.05) is 12.1 Å². The zero-order valence-electron chi connectivity index (χ0n) is 12.1. The van der Waals surface area contributed by atoms with E-state index in [1.165, 1.54) is 11.8 Å². The molecule has 2 aromatic heterocycles. The van der Waals surface area contributed by atoms with Crippen LogP contribution in [0.1, 0.15) is 23.7 Å². The number of thioether (sulfide) groups is 1. The lowest BCUT2D eigenvalue weighted by Crippen LogP contribution is -2.00. The van der Waals surface area contributed by atoms with Crippen LogP contribution in [0.2, 0.25) is 0 Å². The van der Waals surface area contributed by atoms with Crippen LogP contribution in [0.3, 0.4) is 0 Å². The minimum atomic E-state index is -0.565. The van der Waals surface area contributed by atoms with Gasteiger partial charge in [-0.05, 0) is 43.7 Å². The van der Waals surface area contributed by atoms with Gasteiger partial charge in [0.05, 0.1) is 22.6 Å². The van der Waals surface area contributed by atoms with Crippen molar-refractivity contribution in [2.24, 2.45) is 0 Å². The van der Waals surface area contributed by atoms with Crippen LogP contribution in [0.25, 0.3) is 5.52 Å². The van der Waals surface area contributed by atoms with Crippen molar-refractivity contribution in [1.82, 2.24) is 4.40 Å². The molecule has 0 saturated heterocycles. The van der Waals surface area contributed by atoms with Gasteiger partial charge >= 0.3 is 5.97 Å². The third kappa shape index (κ3) is 2.89. The van der Waals surface area contributed by atoms with E-state index in [1.54, 1.807) is 6.92 Å². The number of esters is 1. The highest BCUT2D eigenvalue weighted by molar-refractivity contribution is 7.98. The number of nitriles is 1. The number of carbonyl (C=O) groups is 1. The molecule has 0 saturated carbocycles. The van der Waals surface area contributed by atoms with Crippen molar-refractivity contribution >= 4 is 23.2 Å². The highest BCUT2D eigenvalue weighted by atomic mass is 32.2. The number of nitrogens with zero attached hydrogens (tertiary/aromatic N) is 2.